The van der Waals surface area contributed by atoms with Gasteiger partial charge in [-0.2, -0.15) is 0 Å². The minimum absolute atomic E-state index is 0. The Kier molecular flexibility index (Phi) is 2.34. The highest BCUT2D eigenvalue weighted by Gasteiger charge is 1.85. The van der Waals surface area contributed by atoms with Crippen LogP contribution in [0.25, 0.3) is 0 Å². The summed E-state index contributed by atoms with van der Waals surface area (Å²) in [6.07, 6.45) is 5.04. The quantitative estimate of drug-likeness (QED) is 0.438. The van der Waals surface area contributed by atoms with Gasteiger partial charge in [0.05, 0.1) is 0 Å². The number of aliphatic imine (C=N–C) groups is 1. The van der Waals surface area contributed by atoms with Gasteiger partial charge in [-0.1, -0.05) is 13.5 Å². The molecule has 0 aromatic heterocycles. The van der Waals surface area contributed by atoms with Gasteiger partial charge in [-0.25, -0.2) is 0 Å². The van der Waals surface area contributed by atoms with E-state index in [-0.39, 0.29) is 7.43 Å². The standard InChI is InChI=1S/C5H7N.CH4/c1-5-3-2-4-6-5;/h3-4H,2H2,1H3;1H4. The maximum absolute atomic E-state index is 3.97. The molecule has 0 aromatic carbocycles. The second kappa shape index (κ2) is 2.56. The van der Waals surface area contributed by atoms with Gasteiger partial charge in [0.15, 0.2) is 0 Å². The topological polar surface area (TPSA) is 12.4 Å². The Hall–Kier alpha value is -0.590. The summed E-state index contributed by atoms with van der Waals surface area (Å²) >= 11 is 0. The fourth-order valence-corrected chi connectivity index (χ4v) is 0.473. The first kappa shape index (κ1) is 6.41. The van der Waals surface area contributed by atoms with Gasteiger partial charge in [0.25, 0.3) is 0 Å². The monoisotopic (exact) mass is 97.1 g/mol. The summed E-state index contributed by atoms with van der Waals surface area (Å²) in [5, 5.41) is 0. The predicted octanol–water partition coefficient (Wildman–Crippen LogP) is 2.00. The van der Waals surface area contributed by atoms with Crippen molar-refractivity contribution >= 4 is 6.21 Å². The Bertz CT molecular complexity index is 98.0. The van der Waals surface area contributed by atoms with Gasteiger partial charge in [-0.15, -0.1) is 0 Å². The molecule has 1 heterocycles. The molecule has 0 amide bonds. The van der Waals surface area contributed by atoms with Crippen LogP contribution in [0.2, 0.25) is 0 Å². The molecule has 0 radical (unpaired) electrons. The van der Waals surface area contributed by atoms with E-state index in [0.29, 0.717) is 0 Å². The molecule has 1 heteroatoms. The van der Waals surface area contributed by atoms with E-state index in [9.17, 15) is 0 Å². The normalized spacial score (nSPS) is 15.9. The highest BCUT2D eigenvalue weighted by atomic mass is 14.7. The zero-order valence-electron chi connectivity index (χ0n) is 3.81. The van der Waals surface area contributed by atoms with E-state index >= 15 is 0 Å². The second-order valence-corrected chi connectivity index (χ2v) is 1.39. The molecule has 0 aromatic rings. The zero-order valence-corrected chi connectivity index (χ0v) is 3.81. The van der Waals surface area contributed by atoms with Gasteiger partial charge in [-0.3, -0.25) is 4.99 Å². The van der Waals surface area contributed by atoms with Crippen molar-refractivity contribution in [2.45, 2.75) is 20.8 Å². The molecular weight excluding hydrogens is 86.1 g/mol. The SMILES string of the molecule is C.CC1=CCC=N1. The predicted molar refractivity (Wildman–Crippen MR) is 33.6 cm³/mol. The average Bonchev–Trinajstić information content (AvgIpc) is 1.86. The van der Waals surface area contributed by atoms with Gasteiger partial charge in [0.2, 0.25) is 0 Å². The largest absolute Gasteiger partial charge is 0.266 e. The second-order valence-electron chi connectivity index (χ2n) is 1.39. The number of hydrogen-bond acceptors (Lipinski definition) is 1. The molecule has 0 saturated carbocycles. The fraction of sp³-hybridized carbons (Fsp3) is 0.500. The third-order valence-corrected chi connectivity index (χ3v) is 0.814. The van der Waals surface area contributed by atoms with Crippen molar-refractivity contribution < 1.29 is 0 Å². The van der Waals surface area contributed by atoms with Gasteiger partial charge in [0.1, 0.15) is 0 Å². The van der Waals surface area contributed by atoms with E-state index in [0.717, 1.165) is 12.1 Å². The molecular formula is C6H11N. The van der Waals surface area contributed by atoms with Crippen LogP contribution in [0.1, 0.15) is 20.8 Å². The van der Waals surface area contributed by atoms with Crippen molar-refractivity contribution in [3.8, 4) is 0 Å². The van der Waals surface area contributed by atoms with Crippen LogP contribution in [0.3, 0.4) is 0 Å². The maximum Gasteiger partial charge on any atom is 0.0332 e. The third kappa shape index (κ3) is 1.53. The van der Waals surface area contributed by atoms with E-state index in [1.165, 1.54) is 0 Å². The summed E-state index contributed by atoms with van der Waals surface area (Å²) in [5.74, 6) is 0. The molecule has 1 rings (SSSR count). The molecule has 0 unspecified atom stereocenters. The van der Waals surface area contributed by atoms with Gasteiger partial charge < -0.3 is 0 Å². The minimum atomic E-state index is 0. The average molecular weight is 97.2 g/mol. The van der Waals surface area contributed by atoms with Crippen LogP contribution in [-0.4, -0.2) is 6.21 Å². The van der Waals surface area contributed by atoms with Crippen molar-refractivity contribution in [2.75, 3.05) is 0 Å². The Balaban J connectivity index is 0.000000360. The van der Waals surface area contributed by atoms with Crippen LogP contribution < -0.4 is 0 Å². The van der Waals surface area contributed by atoms with Gasteiger partial charge >= 0.3 is 0 Å². The van der Waals surface area contributed by atoms with Crippen molar-refractivity contribution in [2.24, 2.45) is 4.99 Å². The third-order valence-electron chi connectivity index (χ3n) is 0.814. The Morgan fingerprint density at radius 2 is 2.43 bits per heavy atom. The maximum atomic E-state index is 3.97. The molecule has 1 nitrogen and oxygen atoms in total. The Labute approximate surface area is 44.8 Å². The van der Waals surface area contributed by atoms with E-state index in [4.69, 9.17) is 0 Å². The zero-order chi connectivity index (χ0) is 4.41. The molecule has 0 spiro atoms. The molecule has 0 atom stereocenters. The van der Waals surface area contributed by atoms with Crippen LogP contribution in [0.4, 0.5) is 0 Å². The van der Waals surface area contributed by atoms with Gasteiger partial charge in [0, 0.05) is 18.3 Å². The lowest BCUT2D eigenvalue weighted by molar-refractivity contribution is 1.34. The summed E-state index contributed by atoms with van der Waals surface area (Å²) in [4.78, 5) is 3.97. The molecule has 40 valence electrons. The summed E-state index contributed by atoms with van der Waals surface area (Å²) in [5.41, 5.74) is 1.15. The van der Waals surface area contributed by atoms with Crippen molar-refractivity contribution in [1.29, 1.82) is 0 Å². The smallest absolute Gasteiger partial charge is 0.0332 e. The summed E-state index contributed by atoms with van der Waals surface area (Å²) in [6, 6.07) is 0. The number of nitrogens with zero attached hydrogens (tertiary/aromatic N) is 1. The van der Waals surface area contributed by atoms with E-state index in [1.807, 2.05) is 13.1 Å². The fourth-order valence-electron chi connectivity index (χ4n) is 0.473. The first-order chi connectivity index (χ1) is 2.89. The van der Waals surface area contributed by atoms with Crippen LogP contribution >= 0.6 is 0 Å². The molecule has 0 aliphatic carbocycles. The van der Waals surface area contributed by atoms with E-state index in [1.54, 1.807) is 0 Å². The van der Waals surface area contributed by atoms with E-state index < -0.39 is 0 Å². The van der Waals surface area contributed by atoms with Crippen LogP contribution in [-0.2, 0) is 0 Å². The Morgan fingerprint density at radius 3 is 2.57 bits per heavy atom. The van der Waals surface area contributed by atoms with Crippen molar-refractivity contribution in [3.05, 3.63) is 11.8 Å². The lowest BCUT2D eigenvalue weighted by atomic mass is 10.4. The highest BCUT2D eigenvalue weighted by molar-refractivity contribution is 5.64. The molecule has 7 heavy (non-hydrogen) atoms. The molecule has 0 fully saturated rings. The van der Waals surface area contributed by atoms with Crippen LogP contribution in [0, 0.1) is 0 Å². The number of rotatable bonds is 0. The first-order valence-electron chi connectivity index (χ1n) is 2.09. The lowest BCUT2D eigenvalue weighted by Crippen LogP contribution is -1.52. The van der Waals surface area contributed by atoms with Crippen molar-refractivity contribution in [3.63, 3.8) is 0 Å². The number of allylic oxidation sites excluding steroid dienone is 2. The first-order valence-corrected chi connectivity index (χ1v) is 2.09. The van der Waals surface area contributed by atoms with Crippen molar-refractivity contribution in [1.82, 2.24) is 0 Å². The van der Waals surface area contributed by atoms with Gasteiger partial charge in [-0.05, 0) is 6.92 Å². The highest BCUT2D eigenvalue weighted by Crippen LogP contribution is 2.00. The lowest BCUT2D eigenvalue weighted by Gasteiger charge is -1.72. The summed E-state index contributed by atoms with van der Waals surface area (Å²) in [6.45, 7) is 2.00. The molecule has 1 aliphatic rings. The summed E-state index contributed by atoms with van der Waals surface area (Å²) < 4.78 is 0. The van der Waals surface area contributed by atoms with Crippen LogP contribution in [0.15, 0.2) is 16.8 Å². The molecule has 0 N–H and O–H groups in total. The summed E-state index contributed by atoms with van der Waals surface area (Å²) in [7, 11) is 0. The Morgan fingerprint density at radius 1 is 1.71 bits per heavy atom. The van der Waals surface area contributed by atoms with E-state index in [2.05, 4.69) is 11.1 Å². The molecule has 0 saturated heterocycles. The molecule has 0 bridgehead atoms. The van der Waals surface area contributed by atoms with Crippen LogP contribution in [0.5, 0.6) is 0 Å². The number of hydrogen-bond donors (Lipinski definition) is 0. The molecule has 1 aliphatic heterocycles. The minimum Gasteiger partial charge on any atom is -0.266 e.